The summed E-state index contributed by atoms with van der Waals surface area (Å²) in [6, 6.07) is 7.99. The number of thioether (sulfide) groups is 1. The molecule has 0 atom stereocenters. The third-order valence-corrected chi connectivity index (χ3v) is 6.98. The Morgan fingerprint density at radius 3 is 2.63 bits per heavy atom. The zero-order valence-electron chi connectivity index (χ0n) is 20.7. The molecule has 1 aromatic carbocycles. The second-order valence-corrected chi connectivity index (χ2v) is 9.73. The van der Waals surface area contributed by atoms with Gasteiger partial charge >= 0.3 is 6.18 Å². The van der Waals surface area contributed by atoms with Crippen LogP contribution < -0.4 is 15.0 Å². The van der Waals surface area contributed by atoms with Crippen molar-refractivity contribution in [2.45, 2.75) is 30.8 Å². The number of halogens is 3. The van der Waals surface area contributed by atoms with Gasteiger partial charge in [-0.25, -0.2) is 9.88 Å². The van der Waals surface area contributed by atoms with E-state index in [4.69, 9.17) is 17.0 Å². The molecular weight excluding hydrogens is 537 g/mol. The number of nitrogens with zero attached hydrogens (tertiary/aromatic N) is 5. The average molecular weight is 559 g/mol. The van der Waals surface area contributed by atoms with Crippen LogP contribution in [0.25, 0.3) is 6.08 Å². The summed E-state index contributed by atoms with van der Waals surface area (Å²) >= 11 is 6.37. The number of anilines is 1. The highest BCUT2D eigenvalue weighted by molar-refractivity contribution is 7.98. The van der Waals surface area contributed by atoms with Gasteiger partial charge in [-0.3, -0.25) is 9.48 Å². The number of hydrogen-bond acceptors (Lipinski definition) is 7. The van der Waals surface area contributed by atoms with E-state index in [1.165, 1.54) is 18.9 Å². The molecule has 4 rings (SSSR count). The summed E-state index contributed by atoms with van der Waals surface area (Å²) in [6.07, 6.45) is -1.31. The first-order chi connectivity index (χ1) is 17.9. The van der Waals surface area contributed by atoms with Crippen LogP contribution in [0.3, 0.4) is 0 Å². The van der Waals surface area contributed by atoms with Gasteiger partial charge in [0.25, 0.3) is 5.91 Å². The van der Waals surface area contributed by atoms with Gasteiger partial charge in [-0.1, -0.05) is 6.07 Å². The van der Waals surface area contributed by atoms with E-state index in [9.17, 15) is 23.2 Å². The summed E-state index contributed by atoms with van der Waals surface area (Å²) in [5.41, 5.74) is 1.96. The van der Waals surface area contributed by atoms with E-state index in [0.29, 0.717) is 28.3 Å². The van der Waals surface area contributed by atoms with E-state index < -0.39 is 11.9 Å². The van der Waals surface area contributed by atoms with E-state index in [2.05, 4.69) is 15.4 Å². The molecule has 196 valence electrons. The number of ether oxygens (including phenoxy) is 1. The Bertz CT molecular complexity index is 1520. The quantitative estimate of drug-likeness (QED) is 0.260. The van der Waals surface area contributed by atoms with E-state index in [0.717, 1.165) is 17.8 Å². The van der Waals surface area contributed by atoms with Crippen LogP contribution >= 0.6 is 24.0 Å². The number of methoxy groups -OCH3 is 1. The van der Waals surface area contributed by atoms with Crippen molar-refractivity contribution in [3.8, 4) is 11.8 Å². The van der Waals surface area contributed by atoms with Crippen molar-refractivity contribution in [2.75, 3.05) is 12.0 Å². The maximum absolute atomic E-state index is 13.3. The first-order valence-electron chi connectivity index (χ1n) is 11.1. The normalized spacial score (nSPS) is 14.7. The Balaban J connectivity index is 1.63. The molecule has 0 bridgehead atoms. The molecule has 0 unspecified atom stereocenters. The van der Waals surface area contributed by atoms with Crippen LogP contribution in [0.4, 0.5) is 18.9 Å². The number of alkyl halides is 3. The van der Waals surface area contributed by atoms with E-state index in [-0.39, 0.29) is 38.6 Å². The van der Waals surface area contributed by atoms with E-state index >= 15 is 0 Å². The molecule has 1 aliphatic rings. The van der Waals surface area contributed by atoms with Crippen molar-refractivity contribution in [3.05, 3.63) is 69.8 Å². The van der Waals surface area contributed by atoms with Crippen LogP contribution in [0.2, 0.25) is 0 Å². The van der Waals surface area contributed by atoms with Crippen molar-refractivity contribution >= 4 is 46.8 Å². The smallest absolute Gasteiger partial charge is 0.433 e. The second kappa shape index (κ2) is 10.5. The molecule has 3 aromatic rings. The Morgan fingerprint density at radius 2 is 2.03 bits per heavy atom. The largest absolute Gasteiger partial charge is 0.496 e. The number of amides is 1. The molecule has 1 fully saturated rings. The van der Waals surface area contributed by atoms with Crippen LogP contribution in [-0.4, -0.2) is 32.9 Å². The lowest BCUT2D eigenvalue weighted by atomic mass is 10.1. The molecule has 8 nitrogen and oxygen atoms in total. The fraction of sp³-hybridized carbons (Fsp3) is 0.240. The number of nitriles is 1. The molecular formula is C25H21F3N6O2S2. The van der Waals surface area contributed by atoms with Crippen molar-refractivity contribution in [3.63, 3.8) is 0 Å². The maximum atomic E-state index is 13.3. The minimum Gasteiger partial charge on any atom is -0.496 e. The van der Waals surface area contributed by atoms with Crippen LogP contribution in [0.5, 0.6) is 5.75 Å². The number of nitrogens with one attached hydrogen (secondary N) is 1. The van der Waals surface area contributed by atoms with Crippen molar-refractivity contribution in [1.82, 2.24) is 20.1 Å². The number of rotatable bonds is 6. The predicted molar refractivity (Wildman–Crippen MR) is 140 cm³/mol. The minimum atomic E-state index is -4.64. The SMILES string of the molecule is COc1ccc(/C=C2/NC(=S)N(c3cn(C)nc3C)C2=O)cc1CSc1nc(C(F)(F)F)cc(C)c1C#N. The second-order valence-electron chi connectivity index (χ2n) is 8.38. The molecule has 1 aliphatic heterocycles. The number of thiocarbonyl (C=S) groups is 1. The Labute approximate surface area is 226 Å². The zero-order chi connectivity index (χ0) is 27.8. The lowest BCUT2D eigenvalue weighted by molar-refractivity contribution is -0.141. The molecule has 3 heterocycles. The van der Waals surface area contributed by atoms with Crippen molar-refractivity contribution in [1.29, 1.82) is 5.26 Å². The van der Waals surface area contributed by atoms with Gasteiger partial charge in [0.2, 0.25) is 0 Å². The lowest BCUT2D eigenvalue weighted by Crippen LogP contribution is -2.30. The predicted octanol–water partition coefficient (Wildman–Crippen LogP) is 4.89. The number of carbonyl (C=O) groups is 1. The Morgan fingerprint density at radius 1 is 1.29 bits per heavy atom. The van der Waals surface area contributed by atoms with Gasteiger partial charge in [0, 0.05) is 24.6 Å². The summed E-state index contributed by atoms with van der Waals surface area (Å²) in [5.74, 6) is 0.319. The summed E-state index contributed by atoms with van der Waals surface area (Å²) in [5, 5.41) is 16.9. The van der Waals surface area contributed by atoms with Gasteiger partial charge in [-0.15, -0.1) is 11.8 Å². The highest BCUT2D eigenvalue weighted by atomic mass is 32.2. The van der Waals surface area contributed by atoms with Gasteiger partial charge in [0.05, 0.1) is 24.1 Å². The third-order valence-electron chi connectivity index (χ3n) is 5.67. The highest BCUT2D eigenvalue weighted by Crippen LogP contribution is 2.35. The highest BCUT2D eigenvalue weighted by Gasteiger charge is 2.35. The first kappa shape index (κ1) is 27.2. The fourth-order valence-corrected chi connectivity index (χ4v) is 5.23. The Kier molecular flexibility index (Phi) is 7.48. The van der Waals surface area contributed by atoms with Gasteiger partial charge in [-0.05, 0) is 61.5 Å². The van der Waals surface area contributed by atoms with Gasteiger partial charge < -0.3 is 10.1 Å². The number of aryl methyl sites for hydroxylation is 3. The average Bonchev–Trinajstić information content (AvgIpc) is 3.32. The molecule has 1 amide bonds. The molecule has 0 saturated carbocycles. The molecule has 0 aliphatic carbocycles. The molecule has 0 radical (unpaired) electrons. The number of benzene rings is 1. The molecule has 1 saturated heterocycles. The number of carbonyl (C=O) groups excluding carboxylic acids is 1. The topological polar surface area (TPSA) is 96.1 Å². The minimum absolute atomic E-state index is 0.0221. The maximum Gasteiger partial charge on any atom is 0.433 e. The zero-order valence-corrected chi connectivity index (χ0v) is 22.3. The first-order valence-corrected chi connectivity index (χ1v) is 12.5. The van der Waals surface area contributed by atoms with E-state index in [1.54, 1.807) is 49.1 Å². The molecule has 1 N–H and O–H groups in total. The van der Waals surface area contributed by atoms with Gasteiger partial charge in [0.15, 0.2) is 5.11 Å². The number of aromatic nitrogens is 3. The van der Waals surface area contributed by atoms with Gasteiger partial charge in [-0.2, -0.15) is 23.5 Å². The fourth-order valence-electron chi connectivity index (χ4n) is 3.90. The van der Waals surface area contributed by atoms with Crippen LogP contribution in [0.1, 0.15) is 33.6 Å². The lowest BCUT2D eigenvalue weighted by Gasteiger charge is -2.13. The summed E-state index contributed by atoms with van der Waals surface area (Å²) in [4.78, 5) is 18.2. The van der Waals surface area contributed by atoms with Crippen LogP contribution in [-0.2, 0) is 23.8 Å². The van der Waals surface area contributed by atoms with E-state index in [1.807, 2.05) is 6.07 Å². The molecule has 38 heavy (non-hydrogen) atoms. The summed E-state index contributed by atoms with van der Waals surface area (Å²) < 4.78 is 46.9. The monoisotopic (exact) mass is 558 g/mol. The standard InChI is InChI=1S/C25H21F3N6O2S2/c1-13-7-21(25(26,27)28)31-22(17(13)10-29)38-12-16-8-15(5-6-20(16)36-4)9-18-23(35)34(24(37)30-18)19-11-33(3)32-14(19)2/h5-9,11H,12H2,1-4H3,(H,30,37)/b18-9+. The molecule has 13 heteroatoms. The van der Waals surface area contributed by atoms with Crippen molar-refractivity contribution in [2.24, 2.45) is 7.05 Å². The Hall–Kier alpha value is -3.89. The van der Waals surface area contributed by atoms with Crippen LogP contribution in [0, 0.1) is 25.2 Å². The third kappa shape index (κ3) is 5.36. The van der Waals surface area contributed by atoms with Crippen LogP contribution in [0.15, 0.2) is 41.2 Å². The summed E-state index contributed by atoms with van der Waals surface area (Å²) in [6.45, 7) is 3.22. The number of hydrogen-bond donors (Lipinski definition) is 1. The number of pyridine rings is 1. The van der Waals surface area contributed by atoms with Gasteiger partial charge in [0.1, 0.15) is 28.2 Å². The molecule has 0 spiro atoms. The van der Waals surface area contributed by atoms with Crippen molar-refractivity contribution < 1.29 is 22.7 Å². The molecule has 2 aromatic heterocycles. The summed E-state index contributed by atoms with van der Waals surface area (Å²) in [7, 11) is 3.22.